The number of hydrogen-bond donors (Lipinski definition) is 3. The highest BCUT2D eigenvalue weighted by Gasteiger charge is 2.29. The fourth-order valence-corrected chi connectivity index (χ4v) is 3.75. The first-order chi connectivity index (χ1) is 16.9. The third-order valence-corrected chi connectivity index (χ3v) is 5.45. The number of methoxy groups -OCH3 is 1. The Hall–Kier alpha value is -4.02. The molecule has 2 aromatic heterocycles. The zero-order valence-electron chi connectivity index (χ0n) is 18.5. The normalized spacial score (nSPS) is 12.8. The Morgan fingerprint density at radius 1 is 1.09 bits per heavy atom. The van der Waals surface area contributed by atoms with Crippen molar-refractivity contribution in [3.63, 3.8) is 0 Å². The number of pyridine rings is 1. The van der Waals surface area contributed by atoms with E-state index in [2.05, 4.69) is 20.5 Å². The van der Waals surface area contributed by atoms with Gasteiger partial charge in [-0.3, -0.25) is 14.9 Å². The monoisotopic (exact) mass is 482 g/mol. The van der Waals surface area contributed by atoms with Gasteiger partial charge in [-0.2, -0.15) is 5.10 Å². The van der Waals surface area contributed by atoms with Crippen LogP contribution < -0.4 is 5.32 Å². The summed E-state index contributed by atoms with van der Waals surface area (Å²) in [4.78, 5) is 17.4. The number of rotatable bonds is 8. The first-order valence-corrected chi connectivity index (χ1v) is 10.6. The van der Waals surface area contributed by atoms with Crippen molar-refractivity contribution in [3.8, 4) is 22.5 Å². The third kappa shape index (κ3) is 4.93. The van der Waals surface area contributed by atoms with Crippen LogP contribution in [0.25, 0.3) is 22.5 Å². The maximum atomic E-state index is 15.3. The molecule has 0 radical (unpaired) electrons. The lowest BCUT2D eigenvalue weighted by Crippen LogP contribution is -2.43. The van der Waals surface area contributed by atoms with Gasteiger partial charge in [-0.25, -0.2) is 13.2 Å². The van der Waals surface area contributed by atoms with Gasteiger partial charge in [-0.05, 0) is 48.5 Å². The maximum Gasteiger partial charge on any atom is 0.252 e. The van der Waals surface area contributed by atoms with Crippen molar-refractivity contribution in [1.82, 2.24) is 20.5 Å². The van der Waals surface area contributed by atoms with Crippen LogP contribution in [0.15, 0.2) is 66.9 Å². The average molecular weight is 482 g/mol. The van der Waals surface area contributed by atoms with Crippen molar-refractivity contribution >= 4 is 5.91 Å². The number of carbonyl (C=O) groups is 1. The van der Waals surface area contributed by atoms with Crippen LogP contribution in [0.1, 0.15) is 22.2 Å². The molecule has 4 aromatic rings. The highest BCUT2D eigenvalue weighted by molar-refractivity contribution is 6.01. The number of halogens is 3. The van der Waals surface area contributed by atoms with Crippen LogP contribution in [-0.2, 0) is 4.74 Å². The molecule has 7 nitrogen and oxygen atoms in total. The number of aromatic amines is 1. The molecule has 0 saturated carbocycles. The number of aliphatic hydroxyl groups excluding tert-OH is 1. The van der Waals surface area contributed by atoms with Crippen LogP contribution in [0, 0.1) is 17.5 Å². The zero-order chi connectivity index (χ0) is 24.9. The van der Waals surface area contributed by atoms with Crippen LogP contribution in [0.3, 0.4) is 0 Å². The second-order valence-corrected chi connectivity index (χ2v) is 7.60. The molecule has 180 valence electrons. The lowest BCUT2D eigenvalue weighted by atomic mass is 10.0. The summed E-state index contributed by atoms with van der Waals surface area (Å²) in [6, 6.07) is 12.9. The van der Waals surface area contributed by atoms with E-state index in [1.807, 2.05) is 0 Å². The smallest absolute Gasteiger partial charge is 0.252 e. The summed E-state index contributed by atoms with van der Waals surface area (Å²) in [6.07, 6.45) is 0.746. The number of aromatic nitrogens is 3. The fourth-order valence-electron chi connectivity index (χ4n) is 3.75. The zero-order valence-corrected chi connectivity index (χ0v) is 18.5. The summed E-state index contributed by atoms with van der Waals surface area (Å²) in [5, 5.41) is 18.9. The van der Waals surface area contributed by atoms with E-state index in [1.165, 1.54) is 31.4 Å². The Morgan fingerprint density at radius 3 is 2.51 bits per heavy atom. The topological polar surface area (TPSA) is 100 Å². The van der Waals surface area contributed by atoms with Crippen molar-refractivity contribution in [2.45, 2.75) is 12.1 Å². The van der Waals surface area contributed by atoms with Crippen LogP contribution in [0.5, 0.6) is 0 Å². The standard InChI is InChI=1S/C25H21F3N4O3/c1-35-24(18-7-2-3-12-29-18)19(13-33)30-25(34)16-5-4-6-17(27)20(16)23-21(28)22(31-32-23)14-8-10-15(26)11-9-14/h2-12,19,24,33H,13H2,1H3,(H,30,34)(H,31,32)/t19-,24?/m0/s1. The lowest BCUT2D eigenvalue weighted by molar-refractivity contribution is 0.0390. The molecular weight excluding hydrogens is 461 g/mol. The third-order valence-electron chi connectivity index (χ3n) is 5.45. The van der Waals surface area contributed by atoms with Crippen molar-refractivity contribution in [1.29, 1.82) is 0 Å². The summed E-state index contributed by atoms with van der Waals surface area (Å²) < 4.78 is 48.9. The molecule has 2 aromatic carbocycles. The van der Waals surface area contributed by atoms with Crippen molar-refractivity contribution in [3.05, 3.63) is 95.6 Å². The van der Waals surface area contributed by atoms with Crippen LogP contribution in [0.4, 0.5) is 13.2 Å². The van der Waals surface area contributed by atoms with Gasteiger partial charge in [0.15, 0.2) is 5.82 Å². The Bertz CT molecular complexity index is 1310. The molecule has 0 aliphatic rings. The number of hydrogen-bond acceptors (Lipinski definition) is 5. The molecule has 0 fully saturated rings. The number of ether oxygens (including phenoxy) is 1. The highest BCUT2D eigenvalue weighted by Crippen LogP contribution is 2.33. The van der Waals surface area contributed by atoms with Gasteiger partial charge in [-0.1, -0.05) is 12.1 Å². The molecule has 1 amide bonds. The van der Waals surface area contributed by atoms with Crippen molar-refractivity contribution < 1.29 is 27.8 Å². The molecule has 0 spiro atoms. The molecule has 0 aliphatic carbocycles. The first-order valence-electron chi connectivity index (χ1n) is 10.6. The minimum absolute atomic E-state index is 0.0857. The molecular formula is C25H21F3N4O3. The van der Waals surface area contributed by atoms with Gasteiger partial charge < -0.3 is 15.2 Å². The van der Waals surface area contributed by atoms with Crippen LogP contribution in [-0.4, -0.2) is 46.0 Å². The molecule has 1 unspecified atom stereocenters. The summed E-state index contributed by atoms with van der Waals surface area (Å²) in [7, 11) is 1.40. The molecule has 0 bridgehead atoms. The Kier molecular flexibility index (Phi) is 7.23. The van der Waals surface area contributed by atoms with Gasteiger partial charge in [0.2, 0.25) is 0 Å². The second kappa shape index (κ2) is 10.5. The Morgan fingerprint density at radius 2 is 1.86 bits per heavy atom. The largest absolute Gasteiger partial charge is 0.394 e. The van der Waals surface area contributed by atoms with E-state index >= 15 is 4.39 Å². The minimum Gasteiger partial charge on any atom is -0.394 e. The molecule has 2 heterocycles. The minimum atomic E-state index is -0.933. The van der Waals surface area contributed by atoms with E-state index in [0.29, 0.717) is 11.3 Å². The second-order valence-electron chi connectivity index (χ2n) is 7.60. The molecule has 0 saturated heterocycles. The number of H-pyrrole nitrogens is 1. The number of nitrogens with one attached hydrogen (secondary N) is 2. The molecule has 2 atom stereocenters. The quantitative estimate of drug-likeness (QED) is 0.352. The lowest BCUT2D eigenvalue weighted by Gasteiger charge is -2.25. The van der Waals surface area contributed by atoms with Gasteiger partial charge in [0.25, 0.3) is 5.91 Å². The Balaban J connectivity index is 1.68. The summed E-state index contributed by atoms with van der Waals surface area (Å²) >= 11 is 0. The van der Waals surface area contributed by atoms with E-state index < -0.39 is 47.8 Å². The van der Waals surface area contributed by atoms with E-state index in [1.54, 1.807) is 24.4 Å². The number of carbonyl (C=O) groups excluding carboxylic acids is 1. The van der Waals surface area contributed by atoms with Crippen molar-refractivity contribution in [2.75, 3.05) is 13.7 Å². The van der Waals surface area contributed by atoms with E-state index in [4.69, 9.17) is 4.74 Å². The molecule has 3 N–H and O–H groups in total. The molecule has 4 rings (SSSR count). The number of nitrogens with zero attached hydrogens (tertiary/aromatic N) is 2. The predicted octanol–water partition coefficient (Wildman–Crippen LogP) is 4.03. The molecule has 0 aliphatic heterocycles. The maximum absolute atomic E-state index is 15.3. The van der Waals surface area contributed by atoms with Crippen molar-refractivity contribution in [2.24, 2.45) is 0 Å². The SMILES string of the molecule is COC(c1ccccn1)[C@H](CO)NC(=O)c1cccc(F)c1-c1n[nH]c(-c2ccc(F)cc2)c1F. The van der Waals surface area contributed by atoms with E-state index in [0.717, 1.165) is 18.2 Å². The number of benzene rings is 2. The van der Waals surface area contributed by atoms with Gasteiger partial charge in [0.05, 0.1) is 29.5 Å². The highest BCUT2D eigenvalue weighted by atomic mass is 19.1. The van der Waals surface area contributed by atoms with E-state index in [-0.39, 0.29) is 16.8 Å². The van der Waals surface area contributed by atoms with Gasteiger partial charge in [0, 0.05) is 18.9 Å². The fraction of sp³-hybridized carbons (Fsp3) is 0.160. The number of amides is 1. The van der Waals surface area contributed by atoms with Crippen LogP contribution in [0.2, 0.25) is 0 Å². The predicted molar refractivity (Wildman–Crippen MR) is 122 cm³/mol. The van der Waals surface area contributed by atoms with Gasteiger partial charge >= 0.3 is 0 Å². The average Bonchev–Trinajstić information content (AvgIpc) is 3.25. The Labute approximate surface area is 198 Å². The molecule has 35 heavy (non-hydrogen) atoms. The summed E-state index contributed by atoms with van der Waals surface area (Å²) in [5.74, 6) is -3.05. The van der Waals surface area contributed by atoms with E-state index in [9.17, 15) is 18.7 Å². The van der Waals surface area contributed by atoms with Gasteiger partial charge in [-0.15, -0.1) is 0 Å². The first kappa shape index (κ1) is 24.1. The number of aliphatic hydroxyl groups is 1. The van der Waals surface area contributed by atoms with Crippen LogP contribution >= 0.6 is 0 Å². The summed E-state index contributed by atoms with van der Waals surface area (Å²) in [6.45, 7) is -0.503. The van der Waals surface area contributed by atoms with Gasteiger partial charge in [0.1, 0.15) is 29.1 Å². The summed E-state index contributed by atoms with van der Waals surface area (Å²) in [5.41, 5.74) is -0.302. The molecule has 10 heteroatoms.